The van der Waals surface area contributed by atoms with Crippen LogP contribution in [0, 0.1) is 0 Å². The Morgan fingerprint density at radius 3 is 2.36 bits per heavy atom. The molecule has 0 aliphatic carbocycles. The predicted octanol–water partition coefficient (Wildman–Crippen LogP) is -0.502. The van der Waals surface area contributed by atoms with Crippen LogP contribution in [0.25, 0.3) is 0 Å². The van der Waals surface area contributed by atoms with Crippen LogP contribution in [0.15, 0.2) is 12.8 Å². The lowest BCUT2D eigenvalue weighted by molar-refractivity contribution is -0.183. The summed E-state index contributed by atoms with van der Waals surface area (Å²) in [6.07, 6.45) is 0.900. The number of hydrogen-bond donors (Lipinski definition) is 2. The van der Waals surface area contributed by atoms with Gasteiger partial charge in [-0.25, -0.2) is 0 Å². The Hall–Kier alpha value is -0.186. The summed E-state index contributed by atoms with van der Waals surface area (Å²) in [4.78, 5) is 17.7. The summed E-state index contributed by atoms with van der Waals surface area (Å²) in [7, 11) is -5.49. The Kier molecular flexibility index (Phi) is 4.56. The fourth-order valence-corrected chi connectivity index (χ4v) is 1.81. The van der Waals surface area contributed by atoms with Crippen molar-refractivity contribution in [2.24, 2.45) is 0 Å². The van der Waals surface area contributed by atoms with Crippen molar-refractivity contribution in [3.05, 3.63) is 12.8 Å². The molecule has 0 aliphatic heterocycles. The highest BCUT2D eigenvalue weighted by atomic mass is 28.4. The Morgan fingerprint density at radius 2 is 2.00 bits per heavy atom. The van der Waals surface area contributed by atoms with Crippen LogP contribution in [0.1, 0.15) is 0 Å². The van der Waals surface area contributed by atoms with Gasteiger partial charge >= 0.3 is 9.05 Å². The summed E-state index contributed by atoms with van der Waals surface area (Å²) in [5, 5.41) is 0. The second-order valence-corrected chi connectivity index (χ2v) is 5.85. The van der Waals surface area contributed by atoms with Crippen molar-refractivity contribution in [1.82, 2.24) is 0 Å². The summed E-state index contributed by atoms with van der Waals surface area (Å²) < 4.78 is 13.1. The molecule has 0 saturated heterocycles. The summed E-state index contributed by atoms with van der Waals surface area (Å²) in [6.45, 7) is 6.78. The zero-order valence-electron chi connectivity index (χ0n) is 6.48. The molecule has 0 aliphatic rings. The molecule has 0 atom stereocenters. The maximum atomic E-state index is 8.84. The van der Waals surface area contributed by atoms with E-state index >= 15 is 0 Å². The minimum Gasteiger partial charge on any atom is -0.486 e. The summed E-state index contributed by atoms with van der Waals surface area (Å²) >= 11 is 0. The predicted molar refractivity (Wildman–Crippen MR) is 42.5 cm³/mol. The molecule has 0 rings (SSSR count). The molecule has 66 valence electrons. The lowest BCUT2D eigenvalue weighted by atomic mass is 11.2. The molecule has 0 spiro atoms. The van der Waals surface area contributed by atoms with E-state index in [9.17, 15) is 0 Å². The third kappa shape index (κ3) is 6.22. The first kappa shape index (κ1) is 10.8. The van der Waals surface area contributed by atoms with Crippen molar-refractivity contribution >= 4 is 18.1 Å². The van der Waals surface area contributed by atoms with E-state index in [2.05, 4.69) is 20.2 Å². The van der Waals surface area contributed by atoms with Gasteiger partial charge in [-0.3, -0.25) is 4.58 Å². The van der Waals surface area contributed by atoms with Crippen LogP contribution in [0.5, 0.6) is 0 Å². The molecule has 0 heterocycles. The number of hydrogen-bond acceptors (Lipinski definition) is 5. The third-order valence-electron chi connectivity index (χ3n) is 0.586. The van der Waals surface area contributed by atoms with E-state index in [4.69, 9.17) is 9.59 Å². The van der Waals surface area contributed by atoms with Gasteiger partial charge in [-0.1, -0.05) is 6.58 Å². The van der Waals surface area contributed by atoms with Gasteiger partial charge in [0, 0.05) is 0 Å². The molecule has 0 aromatic rings. The summed E-state index contributed by atoms with van der Waals surface area (Å²) in [5.74, 6) is 0. The maximum Gasteiger partial charge on any atom is 0.771 e. The minimum absolute atomic E-state index is 0.900. The van der Waals surface area contributed by atoms with E-state index in [0.29, 0.717) is 0 Å². The topological polar surface area (TPSA) is 68.2 Å². The standard InChI is InChI=1S/C4H12O5Si2/c1-4-7-11(5,6)9-8-10(2)3/h4-6,10H,1H2,2-3H3. The van der Waals surface area contributed by atoms with Gasteiger partial charge in [0.2, 0.25) is 9.04 Å². The van der Waals surface area contributed by atoms with Gasteiger partial charge in [-0.2, -0.15) is 4.58 Å². The van der Waals surface area contributed by atoms with E-state index in [0.717, 1.165) is 6.26 Å². The molecule has 5 nitrogen and oxygen atoms in total. The van der Waals surface area contributed by atoms with Crippen molar-refractivity contribution in [3.63, 3.8) is 0 Å². The van der Waals surface area contributed by atoms with Crippen molar-refractivity contribution in [1.29, 1.82) is 0 Å². The SMILES string of the molecule is C=CO[Si](O)(O)OO[SiH](C)C. The largest absolute Gasteiger partial charge is 0.771 e. The molecule has 11 heavy (non-hydrogen) atoms. The van der Waals surface area contributed by atoms with E-state index in [-0.39, 0.29) is 0 Å². The van der Waals surface area contributed by atoms with Crippen LogP contribution >= 0.6 is 0 Å². The Bertz CT molecular complexity index is 126. The molecular weight excluding hydrogens is 184 g/mol. The van der Waals surface area contributed by atoms with Crippen molar-refractivity contribution < 1.29 is 23.2 Å². The third-order valence-corrected chi connectivity index (χ3v) is 2.05. The zero-order chi connectivity index (χ0) is 8.91. The summed E-state index contributed by atoms with van der Waals surface area (Å²) in [5.41, 5.74) is 0. The molecule has 0 aromatic carbocycles. The van der Waals surface area contributed by atoms with Crippen LogP contribution in [0.2, 0.25) is 13.1 Å². The van der Waals surface area contributed by atoms with Gasteiger partial charge < -0.3 is 14.0 Å². The van der Waals surface area contributed by atoms with Gasteiger partial charge in [0.15, 0.2) is 0 Å². The minimum atomic E-state index is -4.07. The van der Waals surface area contributed by atoms with Crippen molar-refractivity contribution in [2.75, 3.05) is 0 Å². The van der Waals surface area contributed by atoms with Crippen LogP contribution in [0.3, 0.4) is 0 Å². The molecule has 0 amide bonds. The van der Waals surface area contributed by atoms with Gasteiger partial charge in [0.1, 0.15) is 0 Å². The summed E-state index contributed by atoms with van der Waals surface area (Å²) in [6, 6.07) is 0. The first-order valence-corrected chi connectivity index (χ1v) is 7.55. The molecule has 0 saturated carbocycles. The lowest BCUT2D eigenvalue weighted by Crippen LogP contribution is -2.42. The second-order valence-electron chi connectivity index (χ2n) is 2.06. The van der Waals surface area contributed by atoms with Gasteiger partial charge in [0.05, 0.1) is 6.26 Å². The average Bonchev–Trinajstić information content (AvgIpc) is 1.84. The van der Waals surface area contributed by atoms with E-state index in [1.165, 1.54) is 0 Å². The molecule has 2 N–H and O–H groups in total. The highest BCUT2D eigenvalue weighted by Gasteiger charge is 2.40. The highest BCUT2D eigenvalue weighted by Crippen LogP contribution is 2.00. The Labute approximate surface area is 68.0 Å². The molecule has 0 aromatic heterocycles. The maximum absolute atomic E-state index is 8.84. The van der Waals surface area contributed by atoms with Crippen LogP contribution in [0.4, 0.5) is 0 Å². The Balaban J connectivity index is 3.62. The fraction of sp³-hybridized carbons (Fsp3) is 0.500. The van der Waals surface area contributed by atoms with E-state index in [1.54, 1.807) is 0 Å². The van der Waals surface area contributed by atoms with Crippen molar-refractivity contribution in [2.45, 2.75) is 13.1 Å². The van der Waals surface area contributed by atoms with Gasteiger partial charge in [-0.05, 0) is 13.1 Å². The average molecular weight is 196 g/mol. The quantitative estimate of drug-likeness (QED) is 0.268. The van der Waals surface area contributed by atoms with Crippen LogP contribution < -0.4 is 0 Å². The van der Waals surface area contributed by atoms with Crippen molar-refractivity contribution in [3.8, 4) is 0 Å². The molecular formula is C4H12O5Si2. The van der Waals surface area contributed by atoms with Gasteiger partial charge in [-0.15, -0.1) is 0 Å². The van der Waals surface area contributed by atoms with E-state index < -0.39 is 18.1 Å². The monoisotopic (exact) mass is 196 g/mol. The van der Waals surface area contributed by atoms with E-state index in [1.807, 2.05) is 13.1 Å². The normalized spacial score (nSPS) is 11.7. The zero-order valence-corrected chi connectivity index (χ0v) is 8.64. The fourth-order valence-electron chi connectivity index (χ4n) is 0.287. The molecule has 0 radical (unpaired) electrons. The molecule has 0 unspecified atom stereocenters. The second kappa shape index (κ2) is 4.64. The molecule has 0 bridgehead atoms. The van der Waals surface area contributed by atoms with Crippen LogP contribution in [-0.4, -0.2) is 27.7 Å². The molecule has 7 heteroatoms. The van der Waals surface area contributed by atoms with Gasteiger partial charge in [0.25, 0.3) is 0 Å². The smallest absolute Gasteiger partial charge is 0.486 e. The van der Waals surface area contributed by atoms with Crippen LogP contribution in [-0.2, 0) is 13.6 Å². The molecule has 0 fully saturated rings. The first-order chi connectivity index (χ1) is 4.98. The highest BCUT2D eigenvalue weighted by molar-refractivity contribution is 6.52. The Morgan fingerprint density at radius 1 is 1.45 bits per heavy atom. The lowest BCUT2D eigenvalue weighted by Gasteiger charge is -2.15. The first-order valence-electron chi connectivity index (χ1n) is 3.06. The number of rotatable bonds is 5.